The van der Waals surface area contributed by atoms with Crippen LogP contribution in [-0.2, 0) is 27.1 Å². The number of fused-ring (bicyclic) bond motifs is 11. The summed E-state index contributed by atoms with van der Waals surface area (Å²) >= 11 is 1.94. The van der Waals surface area contributed by atoms with E-state index < -0.39 is 0 Å². The molecule has 0 saturated carbocycles. The van der Waals surface area contributed by atoms with Crippen LogP contribution in [0.25, 0.3) is 42.4 Å². The Morgan fingerprint density at radius 3 is 1.46 bits per heavy atom. The van der Waals surface area contributed by atoms with Crippen LogP contribution in [0, 0.1) is 0 Å². The number of benzene rings is 10. The maximum Gasteiger partial charge on any atom is 0.252 e. The number of hydrogen-bond donors (Lipinski definition) is 0. The Hall–Kier alpha value is -7.92. The van der Waals surface area contributed by atoms with Crippen LogP contribution >= 0.6 is 11.3 Å². The number of hydrogen-bond acceptors (Lipinski definition) is 3. The van der Waals surface area contributed by atoms with Crippen molar-refractivity contribution in [1.82, 2.24) is 0 Å². The molecule has 0 saturated heterocycles. The largest absolute Gasteiger partial charge is 0.311 e. The molecule has 2 aliphatic heterocycles. The molecule has 0 unspecified atom stereocenters. The number of thiophene rings is 1. The maximum atomic E-state index is 2.70. The molecule has 0 spiro atoms. The summed E-state index contributed by atoms with van der Waals surface area (Å²) in [7, 11) is 0. The molecule has 4 aliphatic rings. The Balaban J connectivity index is 1.10. The molecule has 11 aromatic rings. The average molecular weight is 1050 g/mol. The van der Waals surface area contributed by atoms with Gasteiger partial charge < -0.3 is 9.80 Å². The van der Waals surface area contributed by atoms with E-state index in [9.17, 15) is 0 Å². The summed E-state index contributed by atoms with van der Waals surface area (Å²) in [6, 6.07) is 80.0. The van der Waals surface area contributed by atoms with Gasteiger partial charge in [0.05, 0.1) is 5.69 Å². The van der Waals surface area contributed by atoms with E-state index in [1.807, 2.05) is 11.3 Å². The van der Waals surface area contributed by atoms with Crippen LogP contribution in [0.4, 0.5) is 34.1 Å². The lowest BCUT2D eigenvalue weighted by atomic mass is 9.33. The van der Waals surface area contributed by atoms with Gasteiger partial charge in [0.15, 0.2) is 0 Å². The number of rotatable bonds is 4. The molecule has 390 valence electrons. The van der Waals surface area contributed by atoms with Gasteiger partial charge in [0.25, 0.3) is 6.71 Å². The van der Waals surface area contributed by atoms with Crippen LogP contribution in [-0.4, -0.2) is 6.71 Å². The third-order valence-corrected chi connectivity index (χ3v) is 20.6. The molecule has 1 aromatic heterocycles. The molecule has 0 radical (unpaired) electrons. The zero-order valence-electron chi connectivity index (χ0n) is 48.0. The van der Waals surface area contributed by atoms with E-state index >= 15 is 0 Å². The van der Waals surface area contributed by atoms with Crippen molar-refractivity contribution in [2.45, 2.75) is 103 Å². The van der Waals surface area contributed by atoms with Crippen molar-refractivity contribution in [3.63, 3.8) is 0 Å². The van der Waals surface area contributed by atoms with Crippen molar-refractivity contribution in [3.05, 3.63) is 256 Å². The normalized spacial score (nSPS) is 16.5. The first kappa shape index (κ1) is 49.2. The minimum atomic E-state index is -0.261. The van der Waals surface area contributed by atoms with Crippen molar-refractivity contribution in [2.75, 3.05) is 9.80 Å². The Bertz CT molecular complexity index is 4410. The highest BCUT2D eigenvalue weighted by atomic mass is 32.1. The zero-order valence-corrected chi connectivity index (χ0v) is 48.8. The second-order valence-electron chi connectivity index (χ2n) is 26.5. The predicted octanol–water partition coefficient (Wildman–Crippen LogP) is 18.7. The molecule has 4 heteroatoms. The summed E-state index contributed by atoms with van der Waals surface area (Å²) < 4.78 is 2.65. The molecule has 3 heterocycles. The molecule has 0 fully saturated rings. The Morgan fingerprint density at radius 2 is 0.838 bits per heavy atom. The van der Waals surface area contributed by atoms with Gasteiger partial charge in [0.1, 0.15) is 0 Å². The van der Waals surface area contributed by atoms with Crippen molar-refractivity contribution in [2.24, 2.45) is 0 Å². The van der Waals surface area contributed by atoms with Gasteiger partial charge >= 0.3 is 0 Å². The second-order valence-corrected chi connectivity index (χ2v) is 27.6. The van der Waals surface area contributed by atoms with E-state index in [0.29, 0.717) is 0 Å². The average Bonchev–Trinajstić information content (AvgIpc) is 3.68. The quantitative estimate of drug-likeness (QED) is 0.162. The summed E-state index contributed by atoms with van der Waals surface area (Å²) in [5, 5.41) is 2.64. The third kappa shape index (κ3) is 6.84. The minimum absolute atomic E-state index is 0.00860. The Kier molecular flexibility index (Phi) is 10.3. The smallest absolute Gasteiger partial charge is 0.252 e. The molecule has 2 nitrogen and oxygen atoms in total. The molecule has 15 rings (SSSR count). The van der Waals surface area contributed by atoms with Gasteiger partial charge in [-0.1, -0.05) is 222 Å². The summed E-state index contributed by atoms with van der Waals surface area (Å²) in [6.45, 7) is 26.5. The van der Waals surface area contributed by atoms with Crippen molar-refractivity contribution in [1.29, 1.82) is 0 Å². The Morgan fingerprint density at radius 1 is 0.350 bits per heavy atom. The second kappa shape index (κ2) is 16.8. The van der Waals surface area contributed by atoms with Crippen molar-refractivity contribution < 1.29 is 0 Å². The molecule has 80 heavy (non-hydrogen) atoms. The molecule has 10 aromatic carbocycles. The van der Waals surface area contributed by atoms with Gasteiger partial charge in [-0.3, -0.25) is 0 Å². The lowest BCUT2D eigenvalue weighted by Gasteiger charge is -2.48. The number of nitrogens with zero attached hydrogens (tertiary/aromatic N) is 2. The van der Waals surface area contributed by atoms with Crippen molar-refractivity contribution >= 4 is 88.7 Å². The number of anilines is 6. The van der Waals surface area contributed by atoms with Crippen LogP contribution in [0.3, 0.4) is 0 Å². The van der Waals surface area contributed by atoms with E-state index in [-0.39, 0.29) is 33.8 Å². The van der Waals surface area contributed by atoms with E-state index in [2.05, 4.69) is 292 Å². The highest BCUT2D eigenvalue weighted by Crippen LogP contribution is 2.56. The minimum Gasteiger partial charge on any atom is -0.311 e. The van der Waals surface area contributed by atoms with Gasteiger partial charge in [0.2, 0.25) is 0 Å². The predicted molar refractivity (Wildman–Crippen MR) is 344 cm³/mol. The highest BCUT2D eigenvalue weighted by Gasteiger charge is 2.49. The van der Waals surface area contributed by atoms with E-state index in [0.717, 1.165) is 0 Å². The maximum absolute atomic E-state index is 2.70. The molecular formula is C76H67BN2S. The molecule has 0 atom stereocenters. The van der Waals surface area contributed by atoms with E-state index in [1.165, 1.54) is 143 Å². The van der Waals surface area contributed by atoms with Crippen LogP contribution in [0.5, 0.6) is 0 Å². The van der Waals surface area contributed by atoms with E-state index in [1.54, 1.807) is 0 Å². The molecular weight excluding hydrogens is 984 g/mol. The van der Waals surface area contributed by atoms with Gasteiger partial charge in [0, 0.05) is 75.8 Å². The fourth-order valence-electron chi connectivity index (χ4n) is 15.1. The molecule has 0 bridgehead atoms. The van der Waals surface area contributed by atoms with E-state index in [4.69, 9.17) is 0 Å². The molecule has 0 N–H and O–H groups in total. The SMILES string of the molecule is CC(C)(C)c1ccc2sc3cc4c(cc3c2c1)N(c1ccccc1-c1ccccc1)c1cc(-c2ccccc2)cc2c1B4c1cc3c(cc1N2c1ccc2c(c1)C(C)(C)c1ccccc1C2(C)C)C(C)(C)c1ccccc1C3(C)C. The standard InChI is InChI=1S/C76H67BN2S/c1-72(2,3)49-34-37-69-52(40-49)53-42-65-63(45-70(53)80-69)77-62-43-60-61(76(10,11)57-32-22-21-31-56(57)75(60,8)9)44-66(62)78(50-35-36-58-59(41-50)74(6,7)55-30-20-19-29-54(55)73(58,4)5)67-38-48(46-24-14-12-15-25-46)39-68(71(67)77)79(65)64-33-23-18-28-51(64)47-26-16-13-17-27-47/h12-45H,1-11H3. The zero-order chi connectivity index (χ0) is 55.0. The Labute approximate surface area is 477 Å². The topological polar surface area (TPSA) is 6.48 Å². The summed E-state index contributed by atoms with van der Waals surface area (Å²) in [6.07, 6.45) is 0. The summed E-state index contributed by atoms with van der Waals surface area (Å²) in [4.78, 5) is 5.36. The summed E-state index contributed by atoms with van der Waals surface area (Å²) in [5.41, 5.74) is 27.7. The van der Waals surface area contributed by atoms with Crippen LogP contribution in [0.2, 0.25) is 0 Å². The third-order valence-electron chi connectivity index (χ3n) is 19.5. The molecule has 2 aliphatic carbocycles. The fourth-order valence-corrected chi connectivity index (χ4v) is 16.3. The lowest BCUT2D eigenvalue weighted by Crippen LogP contribution is -2.62. The van der Waals surface area contributed by atoms with Gasteiger partial charge in [-0.15, -0.1) is 11.3 Å². The van der Waals surface area contributed by atoms with Crippen molar-refractivity contribution in [3.8, 4) is 22.3 Å². The summed E-state index contributed by atoms with van der Waals surface area (Å²) in [5.74, 6) is 0. The van der Waals surface area contributed by atoms with Crippen LogP contribution in [0.1, 0.15) is 126 Å². The highest BCUT2D eigenvalue weighted by molar-refractivity contribution is 7.26. The first-order valence-corrected chi connectivity index (χ1v) is 29.7. The lowest BCUT2D eigenvalue weighted by molar-refractivity contribution is 0.520. The van der Waals surface area contributed by atoms with Crippen LogP contribution in [0.15, 0.2) is 206 Å². The molecule has 0 amide bonds. The van der Waals surface area contributed by atoms with Crippen LogP contribution < -0.4 is 26.2 Å². The number of para-hydroxylation sites is 1. The first-order chi connectivity index (χ1) is 38.3. The van der Waals surface area contributed by atoms with Gasteiger partial charge in [-0.25, -0.2) is 0 Å². The first-order valence-electron chi connectivity index (χ1n) is 28.9. The van der Waals surface area contributed by atoms with Gasteiger partial charge in [-0.05, 0) is 149 Å². The van der Waals surface area contributed by atoms with Gasteiger partial charge in [-0.2, -0.15) is 0 Å². The monoisotopic (exact) mass is 1050 g/mol. The fraction of sp³-hybridized carbons (Fsp3) is 0.211.